The number of aryl methyl sites for hydroxylation is 1. The fourth-order valence-corrected chi connectivity index (χ4v) is 2.54. The molecule has 0 saturated carbocycles. The van der Waals surface area contributed by atoms with Crippen LogP contribution >= 0.6 is 11.6 Å². The predicted octanol–water partition coefficient (Wildman–Crippen LogP) is 2.91. The second-order valence-corrected chi connectivity index (χ2v) is 6.21. The Kier molecular flexibility index (Phi) is 3.31. The van der Waals surface area contributed by atoms with Crippen molar-refractivity contribution in [3.8, 4) is 0 Å². The van der Waals surface area contributed by atoms with Crippen molar-refractivity contribution in [2.75, 3.05) is 10.6 Å². The van der Waals surface area contributed by atoms with Gasteiger partial charge in [-0.25, -0.2) is 0 Å². The maximum absolute atomic E-state index is 12.2. The molecule has 0 bridgehead atoms. The van der Waals surface area contributed by atoms with Crippen molar-refractivity contribution in [3.63, 3.8) is 0 Å². The molecule has 2 rings (SSSR count). The summed E-state index contributed by atoms with van der Waals surface area (Å²) in [6, 6.07) is 3.26. The Bertz CT molecular complexity index is 547. The van der Waals surface area contributed by atoms with Gasteiger partial charge in [-0.3, -0.25) is 14.5 Å². The van der Waals surface area contributed by atoms with Crippen LogP contribution in [-0.2, 0) is 9.59 Å². The van der Waals surface area contributed by atoms with Crippen molar-refractivity contribution in [3.05, 3.63) is 22.7 Å². The number of carbonyl (C=O) groups is 2. The third-order valence-corrected chi connectivity index (χ3v) is 3.64. The van der Waals surface area contributed by atoms with Gasteiger partial charge in [0.05, 0.1) is 16.4 Å². The molecular weight excluding hydrogens is 264 g/mol. The fraction of sp³-hybridized carbons (Fsp3) is 0.429. The van der Waals surface area contributed by atoms with Gasteiger partial charge in [-0.2, -0.15) is 0 Å². The van der Waals surface area contributed by atoms with E-state index in [4.69, 9.17) is 17.3 Å². The number of nitrogen functional groups attached to an aromatic ring is 1. The summed E-state index contributed by atoms with van der Waals surface area (Å²) < 4.78 is 0. The molecule has 0 aliphatic carbocycles. The van der Waals surface area contributed by atoms with Crippen LogP contribution in [0.2, 0.25) is 5.02 Å². The number of imide groups is 1. The van der Waals surface area contributed by atoms with Crippen molar-refractivity contribution in [1.82, 2.24) is 0 Å². The van der Waals surface area contributed by atoms with Gasteiger partial charge >= 0.3 is 0 Å². The Morgan fingerprint density at radius 3 is 2.26 bits per heavy atom. The Morgan fingerprint density at radius 1 is 1.21 bits per heavy atom. The molecule has 1 aliphatic rings. The van der Waals surface area contributed by atoms with E-state index in [2.05, 4.69) is 0 Å². The summed E-state index contributed by atoms with van der Waals surface area (Å²) in [6.45, 7) is 5.65. The molecule has 0 spiro atoms. The van der Waals surface area contributed by atoms with Gasteiger partial charge in [-0.15, -0.1) is 0 Å². The molecule has 19 heavy (non-hydrogen) atoms. The van der Waals surface area contributed by atoms with Crippen molar-refractivity contribution in [2.24, 2.45) is 5.41 Å². The lowest BCUT2D eigenvalue weighted by atomic mass is 9.81. The number of rotatable bonds is 1. The Balaban J connectivity index is 2.45. The van der Waals surface area contributed by atoms with E-state index >= 15 is 0 Å². The van der Waals surface area contributed by atoms with E-state index in [1.807, 2.05) is 20.8 Å². The van der Waals surface area contributed by atoms with Crippen LogP contribution in [0.15, 0.2) is 12.1 Å². The zero-order valence-electron chi connectivity index (χ0n) is 11.3. The van der Waals surface area contributed by atoms with Crippen molar-refractivity contribution in [1.29, 1.82) is 0 Å². The van der Waals surface area contributed by atoms with Gasteiger partial charge in [-0.1, -0.05) is 25.4 Å². The third kappa shape index (κ3) is 2.59. The van der Waals surface area contributed by atoms with Gasteiger partial charge in [0.25, 0.3) is 0 Å². The summed E-state index contributed by atoms with van der Waals surface area (Å²) in [5, 5.41) is 0.353. The largest absolute Gasteiger partial charge is 0.398 e. The van der Waals surface area contributed by atoms with Crippen molar-refractivity contribution < 1.29 is 9.59 Å². The molecule has 1 aromatic rings. The molecule has 1 heterocycles. The first-order chi connectivity index (χ1) is 8.71. The molecule has 0 radical (unpaired) electrons. The van der Waals surface area contributed by atoms with E-state index in [0.717, 1.165) is 5.56 Å². The van der Waals surface area contributed by atoms with Gasteiger partial charge in [0.2, 0.25) is 11.8 Å². The van der Waals surface area contributed by atoms with Crippen LogP contribution in [0.5, 0.6) is 0 Å². The van der Waals surface area contributed by atoms with Crippen LogP contribution < -0.4 is 10.6 Å². The molecule has 0 atom stereocenters. The average Bonchev–Trinajstić information content (AvgIpc) is 2.22. The predicted molar refractivity (Wildman–Crippen MR) is 76.1 cm³/mol. The smallest absolute Gasteiger partial charge is 0.234 e. The highest BCUT2D eigenvalue weighted by atomic mass is 35.5. The third-order valence-electron chi connectivity index (χ3n) is 3.31. The molecule has 102 valence electrons. The second kappa shape index (κ2) is 4.53. The molecule has 5 heteroatoms. The SMILES string of the molecule is Cc1cc(N)c(Cl)cc1N1C(=O)CC(C)(C)CC1=O. The zero-order valence-corrected chi connectivity index (χ0v) is 12.0. The first-order valence-corrected chi connectivity index (χ1v) is 6.50. The lowest BCUT2D eigenvalue weighted by molar-refractivity contribution is -0.132. The van der Waals surface area contributed by atoms with Crippen LogP contribution in [0.1, 0.15) is 32.3 Å². The van der Waals surface area contributed by atoms with Crippen LogP contribution in [-0.4, -0.2) is 11.8 Å². The summed E-state index contributed by atoms with van der Waals surface area (Å²) in [5.74, 6) is -0.379. The minimum Gasteiger partial charge on any atom is -0.398 e. The van der Waals surface area contributed by atoms with Gasteiger partial charge in [0.15, 0.2) is 0 Å². The minimum absolute atomic E-state index is 0.190. The Hall–Kier alpha value is -1.55. The Labute approximate surface area is 117 Å². The number of hydrogen-bond donors (Lipinski definition) is 1. The lowest BCUT2D eigenvalue weighted by Crippen LogP contribution is -2.46. The van der Waals surface area contributed by atoms with E-state index in [9.17, 15) is 9.59 Å². The normalized spacial score (nSPS) is 18.8. The number of carbonyl (C=O) groups excluding carboxylic acids is 2. The first kappa shape index (κ1) is 13.9. The van der Waals surface area contributed by atoms with Gasteiger partial charge in [0, 0.05) is 12.8 Å². The standard InChI is InChI=1S/C14H17ClN2O2/c1-8-4-10(16)9(15)5-11(8)17-12(18)6-14(2,3)7-13(17)19/h4-5H,6-7,16H2,1-3H3. The summed E-state index contributed by atoms with van der Waals surface area (Å²) in [6.07, 6.45) is 0.695. The molecule has 0 unspecified atom stereocenters. The number of amides is 2. The molecule has 1 fully saturated rings. The molecule has 2 amide bonds. The number of hydrogen-bond acceptors (Lipinski definition) is 3. The van der Waals surface area contributed by atoms with Crippen molar-refractivity contribution in [2.45, 2.75) is 33.6 Å². The number of nitrogens with two attached hydrogens (primary N) is 1. The number of benzene rings is 1. The highest BCUT2D eigenvalue weighted by Gasteiger charge is 2.38. The van der Waals surface area contributed by atoms with E-state index < -0.39 is 0 Å². The van der Waals surface area contributed by atoms with E-state index in [0.29, 0.717) is 29.2 Å². The number of piperidine rings is 1. The maximum atomic E-state index is 12.2. The highest BCUT2D eigenvalue weighted by Crippen LogP contribution is 2.37. The first-order valence-electron chi connectivity index (χ1n) is 6.13. The van der Waals surface area contributed by atoms with Crippen LogP contribution in [0.3, 0.4) is 0 Å². The van der Waals surface area contributed by atoms with E-state index in [1.54, 1.807) is 12.1 Å². The molecular formula is C14H17ClN2O2. The number of nitrogens with zero attached hydrogens (tertiary/aromatic N) is 1. The molecule has 1 aromatic carbocycles. The summed E-state index contributed by atoms with van der Waals surface area (Å²) in [7, 11) is 0. The molecule has 1 aliphatic heterocycles. The zero-order chi connectivity index (χ0) is 14.4. The maximum Gasteiger partial charge on any atom is 0.234 e. The second-order valence-electron chi connectivity index (χ2n) is 5.80. The molecule has 0 aromatic heterocycles. The lowest BCUT2D eigenvalue weighted by Gasteiger charge is -2.35. The van der Waals surface area contributed by atoms with E-state index in [-0.39, 0.29) is 17.2 Å². The molecule has 1 saturated heterocycles. The highest BCUT2D eigenvalue weighted by molar-refractivity contribution is 6.33. The summed E-state index contributed by atoms with van der Waals surface area (Å²) in [4.78, 5) is 25.6. The summed E-state index contributed by atoms with van der Waals surface area (Å²) in [5.41, 5.74) is 7.17. The van der Waals surface area contributed by atoms with E-state index in [1.165, 1.54) is 4.90 Å². The van der Waals surface area contributed by atoms with Gasteiger partial charge in [0.1, 0.15) is 0 Å². The monoisotopic (exact) mass is 280 g/mol. The van der Waals surface area contributed by atoms with Crippen LogP contribution in [0.4, 0.5) is 11.4 Å². The Morgan fingerprint density at radius 2 is 1.74 bits per heavy atom. The number of anilines is 2. The van der Waals surface area contributed by atoms with Gasteiger partial charge in [-0.05, 0) is 30.0 Å². The topological polar surface area (TPSA) is 63.4 Å². The summed E-state index contributed by atoms with van der Waals surface area (Å²) >= 11 is 5.98. The van der Waals surface area contributed by atoms with Crippen molar-refractivity contribution >= 4 is 34.8 Å². The van der Waals surface area contributed by atoms with Crippen LogP contribution in [0.25, 0.3) is 0 Å². The fourth-order valence-electron chi connectivity index (χ4n) is 2.38. The molecule has 4 nitrogen and oxygen atoms in total. The minimum atomic E-state index is -0.282. The van der Waals surface area contributed by atoms with Gasteiger partial charge < -0.3 is 5.73 Å². The molecule has 2 N–H and O–H groups in total. The quantitative estimate of drug-likeness (QED) is 0.635. The average molecular weight is 281 g/mol. The number of halogens is 1. The van der Waals surface area contributed by atoms with Crippen LogP contribution in [0, 0.1) is 12.3 Å².